The van der Waals surface area contributed by atoms with Gasteiger partial charge >= 0.3 is 5.69 Å². The molecule has 3 aromatic heterocycles. The lowest BCUT2D eigenvalue weighted by Gasteiger charge is -2.14. The summed E-state index contributed by atoms with van der Waals surface area (Å²) in [5.41, 5.74) is 1.34. The van der Waals surface area contributed by atoms with Crippen LogP contribution in [-0.4, -0.2) is 19.5 Å². The molecule has 4 rings (SSSR count). The van der Waals surface area contributed by atoms with Crippen molar-refractivity contribution < 1.29 is 9.21 Å². The van der Waals surface area contributed by atoms with Crippen LogP contribution in [0, 0.1) is 25.2 Å². The molecule has 31 heavy (non-hydrogen) atoms. The Morgan fingerprint density at radius 2 is 2.00 bits per heavy atom. The molecule has 0 N–H and O–H groups in total. The molecule has 8 nitrogen and oxygen atoms in total. The fraction of sp³-hybridized carbons (Fsp3) is 0.391. The molecular weight excluding hydrogens is 396 g/mol. The van der Waals surface area contributed by atoms with Crippen molar-refractivity contribution in [1.82, 2.24) is 13.7 Å². The van der Waals surface area contributed by atoms with E-state index in [1.807, 2.05) is 30.6 Å². The van der Waals surface area contributed by atoms with Crippen molar-refractivity contribution in [2.45, 2.75) is 59.2 Å². The number of aryl methyl sites for hydroxylation is 1. The highest BCUT2D eigenvalue weighted by Crippen LogP contribution is 2.19. The first-order chi connectivity index (χ1) is 14.9. The molecule has 0 saturated heterocycles. The van der Waals surface area contributed by atoms with Crippen LogP contribution in [0.3, 0.4) is 0 Å². The fourth-order valence-corrected chi connectivity index (χ4v) is 4.34. The largest absolute Gasteiger partial charge is 0.467 e. The second kappa shape index (κ2) is 8.26. The van der Waals surface area contributed by atoms with Crippen LogP contribution in [0.15, 0.2) is 38.5 Å². The Balaban J connectivity index is 1.72. The van der Waals surface area contributed by atoms with E-state index in [0.717, 1.165) is 41.0 Å². The van der Waals surface area contributed by atoms with E-state index in [4.69, 9.17) is 4.42 Å². The van der Waals surface area contributed by atoms with Gasteiger partial charge in [0, 0.05) is 29.2 Å². The van der Waals surface area contributed by atoms with E-state index >= 15 is 0 Å². The third kappa shape index (κ3) is 3.67. The van der Waals surface area contributed by atoms with E-state index in [0.29, 0.717) is 30.8 Å². The van der Waals surface area contributed by atoms with Gasteiger partial charge in [0.25, 0.3) is 5.56 Å². The standard InChI is InChI=1S/C23H24N4O4/c1-15-11-18(16(2)26(15)13-17-7-6-10-31-17)21(28)14-27-22(29)19(12-24)20-8-4-3-5-9-25(20)23(27)30/h6-7,10-11H,3-5,8-9,13-14H2,1-2H3. The van der Waals surface area contributed by atoms with Crippen molar-refractivity contribution in [1.29, 1.82) is 5.26 Å². The van der Waals surface area contributed by atoms with E-state index in [1.54, 1.807) is 18.4 Å². The molecule has 0 fully saturated rings. The Morgan fingerprint density at radius 1 is 1.19 bits per heavy atom. The molecule has 0 bridgehead atoms. The molecule has 0 aromatic carbocycles. The van der Waals surface area contributed by atoms with E-state index in [9.17, 15) is 19.6 Å². The van der Waals surface area contributed by atoms with E-state index < -0.39 is 17.8 Å². The highest BCUT2D eigenvalue weighted by molar-refractivity contribution is 5.97. The third-order valence-electron chi connectivity index (χ3n) is 6.01. The minimum atomic E-state index is -0.682. The van der Waals surface area contributed by atoms with Gasteiger partial charge in [-0.05, 0) is 51.3 Å². The molecule has 0 aliphatic carbocycles. The average Bonchev–Trinajstić information content (AvgIpc) is 3.27. The van der Waals surface area contributed by atoms with Gasteiger partial charge in [0.2, 0.25) is 0 Å². The molecule has 1 aliphatic rings. The van der Waals surface area contributed by atoms with Gasteiger partial charge in [-0.15, -0.1) is 0 Å². The summed E-state index contributed by atoms with van der Waals surface area (Å²) in [6.45, 7) is 4.27. The highest BCUT2D eigenvalue weighted by Gasteiger charge is 2.23. The lowest BCUT2D eigenvalue weighted by Crippen LogP contribution is -2.44. The molecule has 160 valence electrons. The van der Waals surface area contributed by atoms with Gasteiger partial charge in [-0.1, -0.05) is 6.42 Å². The lowest BCUT2D eigenvalue weighted by atomic mass is 10.1. The average molecular weight is 420 g/mol. The number of Topliss-reactive ketones (excluding diaryl/α,β-unsaturated/α-hetero) is 1. The molecule has 1 aliphatic heterocycles. The lowest BCUT2D eigenvalue weighted by molar-refractivity contribution is 0.0967. The van der Waals surface area contributed by atoms with Crippen LogP contribution in [-0.2, 0) is 26.1 Å². The Hall–Kier alpha value is -3.60. The summed E-state index contributed by atoms with van der Waals surface area (Å²) in [6, 6.07) is 7.39. The normalized spacial score (nSPS) is 13.5. The van der Waals surface area contributed by atoms with Crippen LogP contribution in [0.25, 0.3) is 0 Å². The predicted molar refractivity (Wildman–Crippen MR) is 113 cm³/mol. The summed E-state index contributed by atoms with van der Waals surface area (Å²) < 4.78 is 9.78. The summed E-state index contributed by atoms with van der Waals surface area (Å²) in [6.07, 6.45) is 4.69. The predicted octanol–water partition coefficient (Wildman–Crippen LogP) is 2.55. The number of carbonyl (C=O) groups is 1. The van der Waals surface area contributed by atoms with Crippen molar-refractivity contribution in [2.24, 2.45) is 0 Å². The molecule has 0 radical (unpaired) electrons. The van der Waals surface area contributed by atoms with Crippen molar-refractivity contribution >= 4 is 5.78 Å². The molecule has 0 amide bonds. The van der Waals surface area contributed by atoms with Crippen LogP contribution in [0.1, 0.15) is 58.0 Å². The zero-order chi connectivity index (χ0) is 22.1. The van der Waals surface area contributed by atoms with Gasteiger partial charge in [0.15, 0.2) is 5.78 Å². The summed E-state index contributed by atoms with van der Waals surface area (Å²) in [4.78, 5) is 39.1. The van der Waals surface area contributed by atoms with E-state index in [2.05, 4.69) is 0 Å². The minimum absolute atomic E-state index is 0.0300. The number of hydrogen-bond acceptors (Lipinski definition) is 5. The maximum absolute atomic E-state index is 13.1. The number of rotatable bonds is 5. The molecule has 0 unspecified atom stereocenters. The number of furan rings is 1. The van der Waals surface area contributed by atoms with Crippen molar-refractivity contribution in [3.63, 3.8) is 0 Å². The molecule has 4 heterocycles. The topological polar surface area (TPSA) is 103 Å². The summed E-state index contributed by atoms with van der Waals surface area (Å²) >= 11 is 0. The molecule has 0 atom stereocenters. The van der Waals surface area contributed by atoms with Crippen LogP contribution in [0.5, 0.6) is 0 Å². The first-order valence-electron chi connectivity index (χ1n) is 10.4. The third-order valence-corrected chi connectivity index (χ3v) is 6.01. The fourth-order valence-electron chi connectivity index (χ4n) is 4.34. The number of hydrogen-bond donors (Lipinski definition) is 0. The zero-order valence-electron chi connectivity index (χ0n) is 17.7. The van der Waals surface area contributed by atoms with E-state index in [1.165, 1.54) is 4.57 Å². The molecule has 0 spiro atoms. The van der Waals surface area contributed by atoms with Crippen molar-refractivity contribution in [2.75, 3.05) is 0 Å². The number of fused-ring (bicyclic) bond motifs is 1. The van der Waals surface area contributed by atoms with Gasteiger partial charge in [0.05, 0.1) is 19.4 Å². The molecular formula is C23H24N4O4. The SMILES string of the molecule is Cc1cc(C(=O)Cn2c(=O)c(C#N)c3n(c2=O)CCCCC3)c(C)n1Cc1ccco1. The summed E-state index contributed by atoms with van der Waals surface area (Å²) in [7, 11) is 0. The van der Waals surface area contributed by atoms with Gasteiger partial charge in [-0.25, -0.2) is 4.79 Å². The minimum Gasteiger partial charge on any atom is -0.467 e. The Bertz CT molecular complexity index is 1300. The Morgan fingerprint density at radius 3 is 2.71 bits per heavy atom. The van der Waals surface area contributed by atoms with Crippen LogP contribution < -0.4 is 11.2 Å². The maximum Gasteiger partial charge on any atom is 0.331 e. The second-order valence-corrected chi connectivity index (χ2v) is 7.94. The van der Waals surface area contributed by atoms with Crippen molar-refractivity contribution in [3.8, 4) is 6.07 Å². The van der Waals surface area contributed by atoms with Gasteiger partial charge < -0.3 is 8.98 Å². The van der Waals surface area contributed by atoms with Gasteiger partial charge in [0.1, 0.15) is 17.4 Å². The highest BCUT2D eigenvalue weighted by atomic mass is 16.3. The van der Waals surface area contributed by atoms with Crippen LogP contribution in [0.2, 0.25) is 0 Å². The smallest absolute Gasteiger partial charge is 0.331 e. The maximum atomic E-state index is 13.1. The van der Waals surface area contributed by atoms with Crippen molar-refractivity contribution in [3.05, 3.63) is 79.3 Å². The quantitative estimate of drug-likeness (QED) is 0.590. The zero-order valence-corrected chi connectivity index (χ0v) is 17.7. The Labute approximate surface area is 179 Å². The molecule has 3 aromatic rings. The van der Waals surface area contributed by atoms with E-state index in [-0.39, 0.29) is 11.3 Å². The number of aromatic nitrogens is 3. The first-order valence-corrected chi connectivity index (χ1v) is 10.4. The number of nitrogens with zero attached hydrogens (tertiary/aromatic N) is 4. The Kier molecular flexibility index (Phi) is 5.51. The first kappa shape index (κ1) is 20.7. The van der Waals surface area contributed by atoms with Crippen LogP contribution >= 0.6 is 0 Å². The summed E-state index contributed by atoms with van der Waals surface area (Å²) in [5, 5.41) is 9.56. The second-order valence-electron chi connectivity index (χ2n) is 7.94. The number of ketones is 1. The van der Waals surface area contributed by atoms with Crippen LogP contribution in [0.4, 0.5) is 0 Å². The molecule has 0 saturated carbocycles. The van der Waals surface area contributed by atoms with Gasteiger partial charge in [-0.2, -0.15) is 5.26 Å². The van der Waals surface area contributed by atoms with Gasteiger partial charge in [-0.3, -0.25) is 18.7 Å². The summed E-state index contributed by atoms with van der Waals surface area (Å²) in [5.74, 6) is 0.427. The molecule has 8 heteroatoms. The monoisotopic (exact) mass is 420 g/mol. The number of carbonyl (C=O) groups excluding carboxylic acids is 1. The number of nitriles is 1.